The van der Waals surface area contributed by atoms with Crippen molar-refractivity contribution in [1.29, 1.82) is 0 Å². The first-order valence-corrected chi connectivity index (χ1v) is 7.83. The third kappa shape index (κ3) is 3.68. The molecule has 1 N–H and O–H groups in total. The zero-order valence-electron chi connectivity index (χ0n) is 13.6. The van der Waals surface area contributed by atoms with Gasteiger partial charge in [0.1, 0.15) is 11.6 Å². The first-order chi connectivity index (χ1) is 11.6. The van der Waals surface area contributed by atoms with E-state index in [9.17, 15) is 4.79 Å². The van der Waals surface area contributed by atoms with Crippen LogP contribution in [0.1, 0.15) is 37.6 Å². The number of nitrogens with one attached hydrogen (secondary N) is 1. The molecule has 124 valence electrons. The average Bonchev–Trinajstić information content (AvgIpc) is 3.23. The minimum absolute atomic E-state index is 0.112. The molecule has 0 aliphatic rings. The number of hydrogen-bond donors (Lipinski definition) is 1. The third-order valence-corrected chi connectivity index (χ3v) is 3.51. The molecule has 0 radical (unpaired) electrons. The highest BCUT2D eigenvalue weighted by atomic mass is 16.3. The Balaban J connectivity index is 1.77. The minimum atomic E-state index is -0.112. The van der Waals surface area contributed by atoms with Crippen LogP contribution in [0.15, 0.2) is 47.3 Å². The topological polar surface area (TPSA) is 85.8 Å². The van der Waals surface area contributed by atoms with E-state index in [0.717, 1.165) is 11.5 Å². The summed E-state index contributed by atoms with van der Waals surface area (Å²) in [5.41, 5.74) is 0.865. The molecule has 0 aliphatic carbocycles. The normalized spacial score (nSPS) is 11.0. The maximum absolute atomic E-state index is 12.2. The number of hydrogen-bond acceptors (Lipinski definition) is 5. The number of carbonyl (C=O) groups excluding carboxylic acids is 1. The van der Waals surface area contributed by atoms with Gasteiger partial charge in [-0.1, -0.05) is 13.8 Å². The number of nitrogens with zero attached hydrogens (tertiary/aromatic N) is 4. The van der Waals surface area contributed by atoms with Crippen LogP contribution in [-0.2, 0) is 11.2 Å². The van der Waals surface area contributed by atoms with Crippen LogP contribution in [0.25, 0.3) is 5.95 Å². The minimum Gasteiger partial charge on any atom is -0.469 e. The quantitative estimate of drug-likeness (QED) is 0.753. The Labute approximate surface area is 139 Å². The van der Waals surface area contributed by atoms with Gasteiger partial charge in [0.25, 0.3) is 5.95 Å². The lowest BCUT2D eigenvalue weighted by Crippen LogP contribution is -2.16. The second-order valence-electron chi connectivity index (χ2n) is 5.70. The van der Waals surface area contributed by atoms with Crippen molar-refractivity contribution in [3.8, 4) is 5.95 Å². The molecule has 0 spiro atoms. The molecule has 1 amide bonds. The molecule has 0 atom stereocenters. The Bertz CT molecular complexity index is 794. The Hall–Kier alpha value is -2.96. The number of carbonyl (C=O) groups is 1. The summed E-state index contributed by atoms with van der Waals surface area (Å²) in [5, 5.41) is 7.39. The highest BCUT2D eigenvalue weighted by Crippen LogP contribution is 2.20. The van der Waals surface area contributed by atoms with Crippen LogP contribution in [0.5, 0.6) is 0 Å². The van der Waals surface area contributed by atoms with Gasteiger partial charge in [-0.2, -0.15) is 9.78 Å². The SMILES string of the molecule is CC(C)c1cc(NC(=O)CCc2ccco2)n(-c2ncccn2)n1. The van der Waals surface area contributed by atoms with E-state index in [4.69, 9.17) is 4.42 Å². The second kappa shape index (κ2) is 7.08. The number of furan rings is 1. The molecule has 7 nitrogen and oxygen atoms in total. The predicted molar refractivity (Wildman–Crippen MR) is 88.9 cm³/mol. The van der Waals surface area contributed by atoms with Gasteiger partial charge in [-0.25, -0.2) is 9.97 Å². The summed E-state index contributed by atoms with van der Waals surface area (Å²) in [6.45, 7) is 4.09. The second-order valence-corrected chi connectivity index (χ2v) is 5.70. The molecule has 0 aromatic carbocycles. The van der Waals surface area contributed by atoms with Crippen LogP contribution < -0.4 is 5.32 Å². The Morgan fingerprint density at radius 1 is 1.29 bits per heavy atom. The summed E-state index contributed by atoms with van der Waals surface area (Å²) >= 11 is 0. The molecular formula is C17H19N5O2. The number of rotatable bonds is 6. The van der Waals surface area contributed by atoms with Crippen molar-refractivity contribution in [2.24, 2.45) is 0 Å². The van der Waals surface area contributed by atoms with E-state index in [1.165, 1.54) is 0 Å². The molecule has 0 aliphatic heterocycles. The van der Waals surface area contributed by atoms with Gasteiger partial charge in [-0.15, -0.1) is 0 Å². The van der Waals surface area contributed by atoms with Crippen molar-refractivity contribution in [1.82, 2.24) is 19.7 Å². The van der Waals surface area contributed by atoms with Crippen molar-refractivity contribution in [2.75, 3.05) is 5.32 Å². The Kier molecular flexibility index (Phi) is 4.69. The fraction of sp³-hybridized carbons (Fsp3) is 0.294. The smallest absolute Gasteiger partial charge is 0.252 e. The van der Waals surface area contributed by atoms with Crippen molar-refractivity contribution in [3.63, 3.8) is 0 Å². The van der Waals surface area contributed by atoms with Crippen molar-refractivity contribution in [3.05, 3.63) is 54.4 Å². The summed E-state index contributed by atoms with van der Waals surface area (Å²) < 4.78 is 6.80. The molecule has 3 aromatic rings. The van der Waals surface area contributed by atoms with Gasteiger partial charge in [0.05, 0.1) is 12.0 Å². The van der Waals surface area contributed by atoms with E-state index in [0.29, 0.717) is 24.6 Å². The monoisotopic (exact) mass is 325 g/mol. The van der Waals surface area contributed by atoms with Crippen LogP contribution >= 0.6 is 0 Å². The molecule has 7 heteroatoms. The van der Waals surface area contributed by atoms with Crippen LogP contribution in [-0.4, -0.2) is 25.7 Å². The van der Waals surface area contributed by atoms with Crippen LogP contribution in [0.2, 0.25) is 0 Å². The summed E-state index contributed by atoms with van der Waals surface area (Å²) in [6, 6.07) is 7.25. The molecule has 3 rings (SSSR count). The number of aryl methyl sites for hydroxylation is 1. The molecule has 3 heterocycles. The largest absolute Gasteiger partial charge is 0.469 e. The highest BCUT2D eigenvalue weighted by Gasteiger charge is 2.16. The molecule has 0 saturated heterocycles. The summed E-state index contributed by atoms with van der Waals surface area (Å²) in [4.78, 5) is 20.6. The van der Waals surface area contributed by atoms with Crippen molar-refractivity contribution < 1.29 is 9.21 Å². The lowest BCUT2D eigenvalue weighted by molar-refractivity contribution is -0.116. The van der Waals surface area contributed by atoms with Gasteiger partial charge >= 0.3 is 0 Å². The lowest BCUT2D eigenvalue weighted by atomic mass is 10.1. The average molecular weight is 325 g/mol. The number of aromatic nitrogens is 4. The van der Waals surface area contributed by atoms with Crippen LogP contribution in [0.4, 0.5) is 5.82 Å². The lowest BCUT2D eigenvalue weighted by Gasteiger charge is -2.06. The fourth-order valence-corrected chi connectivity index (χ4v) is 2.22. The molecule has 0 unspecified atom stereocenters. The number of amides is 1. The molecule has 24 heavy (non-hydrogen) atoms. The summed E-state index contributed by atoms with van der Waals surface area (Å²) in [6.07, 6.45) is 5.75. The van der Waals surface area contributed by atoms with Gasteiger partial charge in [-0.3, -0.25) is 4.79 Å². The number of anilines is 1. The van der Waals surface area contributed by atoms with Gasteiger partial charge < -0.3 is 9.73 Å². The van der Waals surface area contributed by atoms with E-state index in [2.05, 4.69) is 20.4 Å². The first kappa shape index (κ1) is 15.9. The standard InChI is InChI=1S/C17H19N5O2/c1-12(2)14-11-15(22(21-14)17-18-8-4-9-19-17)20-16(23)7-6-13-5-3-10-24-13/h3-5,8-12H,6-7H2,1-2H3,(H,20,23). The predicted octanol–water partition coefficient (Wildman–Crippen LogP) is 2.95. The van der Waals surface area contributed by atoms with Gasteiger partial charge in [0, 0.05) is 31.3 Å². The molecule has 3 aromatic heterocycles. The third-order valence-electron chi connectivity index (χ3n) is 3.51. The van der Waals surface area contributed by atoms with E-state index >= 15 is 0 Å². The molecule has 0 fully saturated rings. The van der Waals surface area contributed by atoms with Gasteiger partial charge in [0.2, 0.25) is 5.91 Å². The van der Waals surface area contributed by atoms with Gasteiger partial charge in [-0.05, 0) is 24.1 Å². The van der Waals surface area contributed by atoms with E-state index in [1.54, 1.807) is 29.4 Å². The van der Waals surface area contributed by atoms with Crippen molar-refractivity contribution in [2.45, 2.75) is 32.6 Å². The summed E-state index contributed by atoms with van der Waals surface area (Å²) in [7, 11) is 0. The maximum atomic E-state index is 12.2. The fourth-order valence-electron chi connectivity index (χ4n) is 2.22. The highest BCUT2D eigenvalue weighted by molar-refractivity contribution is 5.90. The van der Waals surface area contributed by atoms with Crippen LogP contribution in [0.3, 0.4) is 0 Å². The first-order valence-electron chi connectivity index (χ1n) is 7.83. The Morgan fingerprint density at radius 3 is 2.75 bits per heavy atom. The van der Waals surface area contributed by atoms with Gasteiger partial charge in [0.15, 0.2) is 0 Å². The molecule has 0 saturated carbocycles. The van der Waals surface area contributed by atoms with E-state index in [-0.39, 0.29) is 11.8 Å². The Morgan fingerprint density at radius 2 is 2.08 bits per heavy atom. The van der Waals surface area contributed by atoms with Crippen LogP contribution in [0, 0.1) is 0 Å². The zero-order chi connectivity index (χ0) is 16.9. The molecular weight excluding hydrogens is 306 g/mol. The van der Waals surface area contributed by atoms with E-state index < -0.39 is 0 Å². The van der Waals surface area contributed by atoms with Crippen molar-refractivity contribution >= 4 is 11.7 Å². The molecule has 0 bridgehead atoms. The zero-order valence-corrected chi connectivity index (χ0v) is 13.6. The maximum Gasteiger partial charge on any atom is 0.252 e. The summed E-state index contributed by atoms with van der Waals surface area (Å²) in [5.74, 6) is 1.89. The van der Waals surface area contributed by atoms with E-state index in [1.807, 2.05) is 32.0 Å².